The smallest absolute Gasteiger partial charge is 0.258 e. The molecule has 1 amide bonds. The van der Waals surface area contributed by atoms with Gasteiger partial charge in [-0.05, 0) is 36.4 Å². The van der Waals surface area contributed by atoms with Crippen molar-refractivity contribution >= 4 is 23.3 Å². The highest BCUT2D eigenvalue weighted by molar-refractivity contribution is 6.29. The topological polar surface area (TPSA) is 72.7 Å². The second-order valence-corrected chi connectivity index (χ2v) is 6.11. The number of amides is 1. The van der Waals surface area contributed by atoms with Gasteiger partial charge in [0.05, 0.1) is 16.9 Å². The number of anilines is 1. The highest BCUT2D eigenvalue weighted by Crippen LogP contribution is 2.24. The van der Waals surface area contributed by atoms with Gasteiger partial charge in [-0.15, -0.1) is 0 Å². The molecule has 132 valence electrons. The van der Waals surface area contributed by atoms with Crippen LogP contribution in [0.3, 0.4) is 0 Å². The molecule has 0 atom stereocenters. The summed E-state index contributed by atoms with van der Waals surface area (Å²) < 4.78 is 1.69. The summed E-state index contributed by atoms with van der Waals surface area (Å²) in [6.07, 6.45) is 4.84. The average Bonchev–Trinajstić information content (AvgIpc) is 3.13. The predicted molar refractivity (Wildman–Crippen MR) is 104 cm³/mol. The van der Waals surface area contributed by atoms with Gasteiger partial charge < -0.3 is 5.32 Å². The van der Waals surface area contributed by atoms with Crippen molar-refractivity contribution in [2.75, 3.05) is 5.32 Å². The molecule has 3 aromatic heterocycles. The summed E-state index contributed by atoms with van der Waals surface area (Å²) in [5.41, 5.74) is 2.88. The molecule has 0 aliphatic rings. The standard InChI is InChI=1S/C20H14ClN5O/c21-18-7-6-15(13-23-18)20(27)24-19-12-17(14-8-10-22-11-9-14)25-26(19)16-4-2-1-3-5-16/h1-13H,(H,24,27). The van der Waals surface area contributed by atoms with Crippen LogP contribution in [0.4, 0.5) is 5.82 Å². The van der Waals surface area contributed by atoms with Gasteiger partial charge in [0, 0.05) is 30.2 Å². The van der Waals surface area contributed by atoms with E-state index in [0.29, 0.717) is 16.5 Å². The minimum Gasteiger partial charge on any atom is -0.306 e. The minimum atomic E-state index is -0.294. The van der Waals surface area contributed by atoms with Crippen molar-refractivity contribution in [1.82, 2.24) is 19.7 Å². The molecule has 0 radical (unpaired) electrons. The molecule has 27 heavy (non-hydrogen) atoms. The monoisotopic (exact) mass is 375 g/mol. The molecule has 4 aromatic rings. The molecule has 7 heteroatoms. The van der Waals surface area contributed by atoms with Crippen LogP contribution in [0.1, 0.15) is 10.4 Å². The molecule has 0 saturated carbocycles. The Hall–Kier alpha value is -3.51. The first-order valence-electron chi connectivity index (χ1n) is 8.19. The number of aromatic nitrogens is 4. The van der Waals surface area contributed by atoms with E-state index in [1.54, 1.807) is 29.2 Å². The maximum absolute atomic E-state index is 12.6. The number of nitrogens with zero attached hydrogens (tertiary/aromatic N) is 4. The number of halogens is 1. The van der Waals surface area contributed by atoms with E-state index in [1.807, 2.05) is 48.5 Å². The summed E-state index contributed by atoms with van der Waals surface area (Å²) in [5.74, 6) is 0.255. The number of pyridine rings is 2. The number of para-hydroxylation sites is 1. The van der Waals surface area contributed by atoms with Gasteiger partial charge in [-0.1, -0.05) is 29.8 Å². The Morgan fingerprint density at radius 2 is 1.78 bits per heavy atom. The third-order valence-corrected chi connectivity index (χ3v) is 4.14. The van der Waals surface area contributed by atoms with Crippen LogP contribution in [0, 0.1) is 0 Å². The van der Waals surface area contributed by atoms with Gasteiger partial charge in [-0.25, -0.2) is 9.67 Å². The molecule has 0 aliphatic carbocycles. The van der Waals surface area contributed by atoms with E-state index >= 15 is 0 Å². The Kier molecular flexibility index (Phi) is 4.63. The molecule has 0 saturated heterocycles. The molecular weight excluding hydrogens is 362 g/mol. The maximum Gasteiger partial charge on any atom is 0.258 e. The Bertz CT molecular complexity index is 1060. The zero-order valence-electron chi connectivity index (χ0n) is 14.1. The fourth-order valence-electron chi connectivity index (χ4n) is 2.60. The lowest BCUT2D eigenvalue weighted by Crippen LogP contribution is -2.15. The number of rotatable bonds is 4. The van der Waals surface area contributed by atoms with E-state index in [1.165, 1.54) is 6.20 Å². The van der Waals surface area contributed by atoms with Crippen molar-refractivity contribution in [3.63, 3.8) is 0 Å². The van der Waals surface area contributed by atoms with E-state index in [0.717, 1.165) is 16.9 Å². The number of hydrogen-bond acceptors (Lipinski definition) is 4. The largest absolute Gasteiger partial charge is 0.306 e. The van der Waals surface area contributed by atoms with Crippen molar-refractivity contribution in [2.24, 2.45) is 0 Å². The zero-order chi connectivity index (χ0) is 18.6. The zero-order valence-corrected chi connectivity index (χ0v) is 14.8. The Morgan fingerprint density at radius 3 is 2.48 bits per heavy atom. The lowest BCUT2D eigenvalue weighted by Gasteiger charge is -2.08. The molecule has 1 N–H and O–H groups in total. The first-order valence-corrected chi connectivity index (χ1v) is 8.57. The van der Waals surface area contributed by atoms with Crippen molar-refractivity contribution in [3.05, 3.63) is 90.0 Å². The number of nitrogens with one attached hydrogen (secondary N) is 1. The predicted octanol–water partition coefficient (Wildman–Crippen LogP) is 4.24. The first kappa shape index (κ1) is 16.9. The van der Waals surface area contributed by atoms with Crippen LogP contribution in [0.15, 0.2) is 79.3 Å². The van der Waals surface area contributed by atoms with Gasteiger partial charge in [0.25, 0.3) is 5.91 Å². The second-order valence-electron chi connectivity index (χ2n) is 5.72. The molecule has 0 unspecified atom stereocenters. The van der Waals surface area contributed by atoms with Crippen molar-refractivity contribution in [2.45, 2.75) is 0 Å². The lowest BCUT2D eigenvalue weighted by molar-refractivity contribution is 0.102. The van der Waals surface area contributed by atoms with Crippen LogP contribution in [-0.4, -0.2) is 25.7 Å². The van der Waals surface area contributed by atoms with Gasteiger partial charge in [-0.2, -0.15) is 5.10 Å². The molecule has 6 nitrogen and oxygen atoms in total. The lowest BCUT2D eigenvalue weighted by atomic mass is 10.2. The SMILES string of the molecule is O=C(Nc1cc(-c2ccncc2)nn1-c1ccccc1)c1ccc(Cl)nc1. The molecule has 3 heterocycles. The minimum absolute atomic E-state index is 0.294. The quantitative estimate of drug-likeness (QED) is 0.541. The van der Waals surface area contributed by atoms with Crippen LogP contribution in [0.25, 0.3) is 16.9 Å². The van der Waals surface area contributed by atoms with E-state index in [-0.39, 0.29) is 5.91 Å². The third-order valence-electron chi connectivity index (χ3n) is 3.92. The van der Waals surface area contributed by atoms with E-state index in [2.05, 4.69) is 20.4 Å². The molecule has 1 aromatic carbocycles. The second kappa shape index (κ2) is 7.39. The summed E-state index contributed by atoms with van der Waals surface area (Å²) >= 11 is 5.79. The van der Waals surface area contributed by atoms with Gasteiger partial charge >= 0.3 is 0 Å². The molecular formula is C20H14ClN5O. The van der Waals surface area contributed by atoms with Gasteiger partial charge in [0.1, 0.15) is 11.0 Å². The highest BCUT2D eigenvalue weighted by Gasteiger charge is 2.15. The summed E-state index contributed by atoms with van der Waals surface area (Å²) in [5, 5.41) is 7.88. The first-order chi connectivity index (χ1) is 13.2. The summed E-state index contributed by atoms with van der Waals surface area (Å²) in [6, 6.07) is 18.4. The van der Waals surface area contributed by atoms with Crippen molar-refractivity contribution < 1.29 is 4.79 Å². The normalized spacial score (nSPS) is 10.6. The highest BCUT2D eigenvalue weighted by atomic mass is 35.5. The van der Waals surface area contributed by atoms with Gasteiger partial charge in [-0.3, -0.25) is 9.78 Å². The number of carbonyl (C=O) groups is 1. The van der Waals surface area contributed by atoms with E-state index < -0.39 is 0 Å². The van der Waals surface area contributed by atoms with Crippen LogP contribution in [0.5, 0.6) is 0 Å². The number of benzene rings is 1. The van der Waals surface area contributed by atoms with Crippen LogP contribution >= 0.6 is 11.6 Å². The van der Waals surface area contributed by atoms with E-state index in [9.17, 15) is 4.79 Å². The number of hydrogen-bond donors (Lipinski definition) is 1. The average molecular weight is 376 g/mol. The maximum atomic E-state index is 12.6. The summed E-state index contributed by atoms with van der Waals surface area (Å²) in [4.78, 5) is 20.6. The van der Waals surface area contributed by atoms with Gasteiger partial charge in [0.2, 0.25) is 0 Å². The third kappa shape index (κ3) is 3.70. The van der Waals surface area contributed by atoms with Crippen molar-refractivity contribution in [1.29, 1.82) is 0 Å². The molecule has 0 aliphatic heterocycles. The molecule has 0 spiro atoms. The Balaban J connectivity index is 1.73. The van der Waals surface area contributed by atoms with E-state index in [4.69, 9.17) is 11.6 Å². The fraction of sp³-hybridized carbons (Fsp3) is 0. The van der Waals surface area contributed by atoms with Crippen LogP contribution in [0.2, 0.25) is 5.15 Å². The van der Waals surface area contributed by atoms with Crippen molar-refractivity contribution in [3.8, 4) is 16.9 Å². The molecule has 4 rings (SSSR count). The van der Waals surface area contributed by atoms with Gasteiger partial charge in [0.15, 0.2) is 0 Å². The fourth-order valence-corrected chi connectivity index (χ4v) is 2.71. The molecule has 0 bridgehead atoms. The summed E-state index contributed by atoms with van der Waals surface area (Å²) in [6.45, 7) is 0. The Morgan fingerprint density at radius 1 is 1.00 bits per heavy atom. The van der Waals surface area contributed by atoms with Crippen LogP contribution in [-0.2, 0) is 0 Å². The Labute approximate surface area is 160 Å². The molecule has 0 fully saturated rings. The summed E-state index contributed by atoms with van der Waals surface area (Å²) in [7, 11) is 0. The van der Waals surface area contributed by atoms with Crippen LogP contribution < -0.4 is 5.32 Å². The number of carbonyl (C=O) groups excluding carboxylic acids is 1.